The van der Waals surface area contributed by atoms with Crippen molar-refractivity contribution in [3.05, 3.63) is 215 Å². The molecule has 2 aliphatic rings. The maximum absolute atomic E-state index is 14.3. The summed E-state index contributed by atoms with van der Waals surface area (Å²) >= 11 is 0. The van der Waals surface area contributed by atoms with Crippen LogP contribution in [0.3, 0.4) is 0 Å². The SMILES string of the molecule is CC(C)(C)[Si](C)(C)O[C@@H]1O[C@H](COCc2ccccc2)[C@@H](O[C@@H]2O[C@H](COCc3ccccc3)[C@@H](O)[C@H](OCc3ccccc3)[C@H]2NC(=O)OCc2ccccc2)[C@H](OCc2ccccc2)[C@H]1NC(=O)OCc1ccccc1. The minimum atomic E-state index is -2.71. The fraction of sp³-hybridized carbons (Fsp3) is 0.387. The fourth-order valence-corrected chi connectivity index (χ4v) is 10.0. The molecule has 16 heteroatoms. The van der Waals surface area contributed by atoms with Gasteiger partial charge in [-0.3, -0.25) is 0 Å². The van der Waals surface area contributed by atoms with Gasteiger partial charge in [0, 0.05) is 0 Å². The van der Waals surface area contributed by atoms with Gasteiger partial charge in [0.15, 0.2) is 20.9 Å². The molecule has 0 bridgehead atoms. The van der Waals surface area contributed by atoms with E-state index in [9.17, 15) is 14.7 Å². The minimum Gasteiger partial charge on any atom is -0.445 e. The Morgan fingerprint density at radius 2 is 0.821 bits per heavy atom. The molecule has 0 spiro atoms. The zero-order valence-electron chi connectivity index (χ0n) is 45.1. The largest absolute Gasteiger partial charge is 0.445 e. The first-order valence-electron chi connectivity index (χ1n) is 26.6. The second kappa shape index (κ2) is 28.6. The third-order valence-electron chi connectivity index (χ3n) is 14.2. The molecule has 6 aromatic rings. The van der Waals surface area contributed by atoms with Gasteiger partial charge in [0.2, 0.25) is 0 Å². The Kier molecular flexibility index (Phi) is 21.2. The van der Waals surface area contributed by atoms with Gasteiger partial charge in [-0.05, 0) is 51.5 Å². The summed E-state index contributed by atoms with van der Waals surface area (Å²) in [5.74, 6) is 0. The van der Waals surface area contributed by atoms with Gasteiger partial charge in [-0.15, -0.1) is 0 Å². The lowest BCUT2D eigenvalue weighted by Gasteiger charge is -2.51. The van der Waals surface area contributed by atoms with Crippen LogP contribution >= 0.6 is 0 Å². The Labute approximate surface area is 459 Å². The minimum absolute atomic E-state index is 0.0104. The van der Waals surface area contributed by atoms with Crippen molar-refractivity contribution in [3.8, 4) is 0 Å². The first-order chi connectivity index (χ1) is 37.8. The summed E-state index contributed by atoms with van der Waals surface area (Å²) in [6.07, 6.45) is -10.9. The van der Waals surface area contributed by atoms with Crippen molar-refractivity contribution in [2.45, 2.75) is 140 Å². The van der Waals surface area contributed by atoms with E-state index in [-0.39, 0.29) is 57.9 Å². The smallest absolute Gasteiger partial charge is 0.407 e. The molecule has 2 amide bonds. The molecule has 2 fully saturated rings. The van der Waals surface area contributed by atoms with E-state index in [1.54, 1.807) is 0 Å². The second-order valence-corrected chi connectivity index (χ2v) is 25.8. The summed E-state index contributed by atoms with van der Waals surface area (Å²) in [6.45, 7) is 11.0. The van der Waals surface area contributed by atoms with E-state index in [0.717, 1.165) is 33.4 Å². The summed E-state index contributed by atoms with van der Waals surface area (Å²) in [4.78, 5) is 28.4. The van der Waals surface area contributed by atoms with Crippen molar-refractivity contribution in [3.63, 3.8) is 0 Å². The first kappa shape index (κ1) is 57.9. The van der Waals surface area contributed by atoms with Crippen LogP contribution in [0.4, 0.5) is 9.59 Å². The molecule has 0 unspecified atom stereocenters. The highest BCUT2D eigenvalue weighted by Crippen LogP contribution is 2.41. The van der Waals surface area contributed by atoms with Crippen LogP contribution in [0, 0.1) is 0 Å². The molecule has 78 heavy (non-hydrogen) atoms. The van der Waals surface area contributed by atoms with E-state index < -0.39 is 81.8 Å². The van der Waals surface area contributed by atoms with Crippen molar-refractivity contribution in [1.29, 1.82) is 0 Å². The molecule has 0 radical (unpaired) electrons. The molecule has 2 aliphatic heterocycles. The van der Waals surface area contributed by atoms with Crippen LogP contribution in [0.2, 0.25) is 18.1 Å². The lowest BCUT2D eigenvalue weighted by Crippen LogP contribution is -2.70. The molecule has 3 N–H and O–H groups in total. The Bertz CT molecular complexity index is 2690. The molecule has 0 aromatic heterocycles. The molecule has 414 valence electrons. The Morgan fingerprint density at radius 1 is 0.474 bits per heavy atom. The van der Waals surface area contributed by atoms with Crippen LogP contribution in [0.5, 0.6) is 0 Å². The topological polar surface area (TPSA) is 171 Å². The summed E-state index contributed by atoms with van der Waals surface area (Å²) in [5, 5.41) is 18.2. The van der Waals surface area contributed by atoms with Crippen molar-refractivity contribution in [1.82, 2.24) is 10.6 Å². The van der Waals surface area contributed by atoms with Crippen LogP contribution in [-0.4, -0.2) is 100 Å². The molecule has 0 aliphatic carbocycles. The van der Waals surface area contributed by atoms with E-state index in [4.69, 9.17) is 47.1 Å². The standard InChI is InChI=1S/C62H74N2O13Si/c1-62(2,3)78(4,5)77-59-53(64-61(67)73-41-49-34-22-11-23-35-49)57(71-39-47-30-18-9-19-31-47)55(51(75-59)43-69-37-45-26-14-7-15-27-45)76-58-52(63-60(66)72-40-48-32-20-10-21-33-48)56(70-38-46-28-16-8-17-29-46)54(65)50(74-58)42-68-36-44-24-12-6-13-25-44/h6-35,50-59,65H,36-43H2,1-5H3,(H,63,66)(H,64,67)/t50-,51-,52-,53-,54-,55-,56-,57-,58+,59+/m1/s1. The predicted molar refractivity (Wildman–Crippen MR) is 296 cm³/mol. The number of aliphatic hydroxyl groups excluding tert-OH is 1. The van der Waals surface area contributed by atoms with E-state index >= 15 is 0 Å². The zero-order valence-corrected chi connectivity index (χ0v) is 46.1. The lowest BCUT2D eigenvalue weighted by atomic mass is 9.94. The van der Waals surface area contributed by atoms with Crippen LogP contribution in [0.15, 0.2) is 182 Å². The van der Waals surface area contributed by atoms with Gasteiger partial charge < -0.3 is 62.8 Å². The Balaban J connectivity index is 1.20. The number of amides is 2. The summed E-state index contributed by atoms with van der Waals surface area (Å²) in [6, 6.07) is 54.9. The zero-order chi connectivity index (χ0) is 54.7. The van der Waals surface area contributed by atoms with Gasteiger partial charge in [-0.1, -0.05) is 203 Å². The second-order valence-electron chi connectivity index (χ2n) is 21.0. The average Bonchev–Trinajstić information content (AvgIpc) is 3.56. The summed E-state index contributed by atoms with van der Waals surface area (Å²) < 4.78 is 66.7. The number of alkyl carbamates (subject to hydrolysis) is 2. The maximum atomic E-state index is 14.3. The van der Waals surface area contributed by atoms with Crippen molar-refractivity contribution >= 4 is 20.5 Å². The predicted octanol–water partition coefficient (Wildman–Crippen LogP) is 10.4. The van der Waals surface area contributed by atoms with E-state index in [2.05, 4.69) is 44.5 Å². The van der Waals surface area contributed by atoms with Crippen molar-refractivity contribution in [2.75, 3.05) is 13.2 Å². The van der Waals surface area contributed by atoms with Crippen molar-refractivity contribution < 1.29 is 61.8 Å². The quantitative estimate of drug-likeness (QED) is 0.0490. The van der Waals surface area contributed by atoms with E-state index in [0.29, 0.717) is 0 Å². The number of aliphatic hydroxyl groups is 1. The van der Waals surface area contributed by atoms with Gasteiger partial charge in [0.05, 0.1) is 39.6 Å². The molecule has 6 aromatic carbocycles. The number of hydrogen-bond acceptors (Lipinski definition) is 13. The lowest BCUT2D eigenvalue weighted by molar-refractivity contribution is -0.335. The Hall–Kier alpha value is -6.28. The highest BCUT2D eigenvalue weighted by molar-refractivity contribution is 6.74. The normalized spacial score (nSPS) is 23.5. The van der Waals surface area contributed by atoms with Gasteiger partial charge in [-0.2, -0.15) is 0 Å². The third-order valence-corrected chi connectivity index (χ3v) is 18.6. The molecular weight excluding hydrogens is 1010 g/mol. The van der Waals surface area contributed by atoms with E-state index in [1.807, 2.05) is 182 Å². The first-order valence-corrected chi connectivity index (χ1v) is 29.5. The number of ether oxygens (including phenoxy) is 9. The van der Waals surface area contributed by atoms with E-state index in [1.165, 1.54) is 0 Å². The number of nitrogens with one attached hydrogen (secondary N) is 2. The summed E-state index contributed by atoms with van der Waals surface area (Å²) in [5.41, 5.74) is 5.06. The van der Waals surface area contributed by atoms with Gasteiger partial charge in [-0.25, -0.2) is 9.59 Å². The maximum Gasteiger partial charge on any atom is 0.407 e. The Morgan fingerprint density at radius 3 is 1.23 bits per heavy atom. The van der Waals surface area contributed by atoms with Gasteiger partial charge in [0.1, 0.15) is 61.9 Å². The molecule has 8 rings (SSSR count). The van der Waals surface area contributed by atoms with Crippen LogP contribution in [-0.2, 0) is 86.7 Å². The van der Waals surface area contributed by atoms with Gasteiger partial charge in [0.25, 0.3) is 0 Å². The third kappa shape index (κ3) is 16.9. The highest BCUT2D eigenvalue weighted by atomic mass is 28.4. The molecule has 2 saturated heterocycles. The monoisotopic (exact) mass is 1080 g/mol. The molecule has 10 atom stereocenters. The molecule has 2 heterocycles. The number of carbonyl (C=O) groups excluding carboxylic acids is 2. The van der Waals surface area contributed by atoms with Crippen LogP contribution in [0.25, 0.3) is 0 Å². The highest BCUT2D eigenvalue weighted by Gasteiger charge is 2.55. The number of carbonyl (C=O) groups is 2. The number of rotatable bonds is 24. The average molecular weight is 1080 g/mol. The molecular formula is C62H74N2O13Si. The number of hydrogen-bond donors (Lipinski definition) is 3. The molecule has 15 nitrogen and oxygen atoms in total. The van der Waals surface area contributed by atoms with Gasteiger partial charge >= 0.3 is 12.2 Å². The number of benzene rings is 6. The molecule has 0 saturated carbocycles. The fourth-order valence-electron chi connectivity index (χ4n) is 8.87. The summed E-state index contributed by atoms with van der Waals surface area (Å²) in [7, 11) is -2.71. The van der Waals surface area contributed by atoms with Crippen LogP contribution in [0.1, 0.15) is 54.2 Å². The van der Waals surface area contributed by atoms with Crippen LogP contribution < -0.4 is 10.6 Å². The van der Waals surface area contributed by atoms with Crippen molar-refractivity contribution in [2.24, 2.45) is 0 Å².